The zero-order chi connectivity index (χ0) is 28.2. The highest BCUT2D eigenvalue weighted by Crippen LogP contribution is 2.38. The lowest BCUT2D eigenvalue weighted by Gasteiger charge is -2.21. The topological polar surface area (TPSA) is 67.6 Å². The molecule has 38 heavy (non-hydrogen) atoms. The molecular formula is C29H36F2N5OS+. The lowest BCUT2D eigenvalue weighted by atomic mass is 9.87. The average molecular weight is 541 g/mol. The van der Waals surface area contributed by atoms with Gasteiger partial charge in [-0.25, -0.2) is 18.3 Å². The van der Waals surface area contributed by atoms with Gasteiger partial charge in [-0.2, -0.15) is 5.26 Å². The third-order valence-electron chi connectivity index (χ3n) is 5.76. The van der Waals surface area contributed by atoms with Gasteiger partial charge < -0.3 is 4.74 Å². The third kappa shape index (κ3) is 8.01. The predicted molar refractivity (Wildman–Crippen MR) is 147 cm³/mol. The largest absolute Gasteiger partial charge is 0.388 e. The van der Waals surface area contributed by atoms with Gasteiger partial charge in [-0.1, -0.05) is 32.9 Å². The second kappa shape index (κ2) is 15.1. The van der Waals surface area contributed by atoms with E-state index in [4.69, 9.17) is 10.2 Å². The van der Waals surface area contributed by atoms with Crippen LogP contribution in [0.4, 0.5) is 8.78 Å². The number of aromatic nitrogens is 4. The molecule has 2 unspecified atom stereocenters. The first-order chi connectivity index (χ1) is 18.3. The Kier molecular flexibility index (Phi) is 12.2. The Bertz CT molecular complexity index is 1310. The zero-order valence-electron chi connectivity index (χ0n) is 23.0. The van der Waals surface area contributed by atoms with Gasteiger partial charge in [0.25, 0.3) is 6.33 Å². The van der Waals surface area contributed by atoms with Gasteiger partial charge in [0.1, 0.15) is 18.2 Å². The quantitative estimate of drug-likeness (QED) is 0.239. The van der Waals surface area contributed by atoms with Gasteiger partial charge in [0, 0.05) is 42.1 Å². The van der Waals surface area contributed by atoms with Crippen molar-refractivity contribution in [1.29, 1.82) is 5.26 Å². The standard InChI is InChI=1S/C25H24F2N5S.C2H6O.C2H6/c1-16(2)31-14-29-32(15-31)12-22(21-10-20(26)8-9-23(21)27)17(3)25-30-24(13-33-25)19-6-4-18(11-28)5-7-19;1-3-2;1-2/h4-10,13-17,22H,12H2,1-3H3;1-2H3;1-2H3/q+1;;. The number of rotatable bonds is 7. The number of thiazole rings is 1. The van der Waals surface area contributed by atoms with Crippen molar-refractivity contribution in [2.75, 3.05) is 14.2 Å². The monoisotopic (exact) mass is 540 g/mol. The van der Waals surface area contributed by atoms with E-state index >= 15 is 0 Å². The minimum Gasteiger partial charge on any atom is -0.388 e. The number of hydrogen-bond donors (Lipinski definition) is 0. The van der Waals surface area contributed by atoms with Crippen LogP contribution < -0.4 is 4.57 Å². The molecule has 4 aromatic rings. The number of hydrogen-bond acceptors (Lipinski definition) is 5. The van der Waals surface area contributed by atoms with Crippen molar-refractivity contribution in [3.05, 3.63) is 88.3 Å². The Balaban J connectivity index is 0.000000947. The Morgan fingerprint density at radius 1 is 1.08 bits per heavy atom. The third-order valence-corrected chi connectivity index (χ3v) is 6.81. The first-order valence-electron chi connectivity index (χ1n) is 12.5. The van der Waals surface area contributed by atoms with E-state index in [1.807, 2.05) is 49.2 Å². The highest BCUT2D eigenvalue weighted by molar-refractivity contribution is 7.10. The maximum absolute atomic E-state index is 14.8. The summed E-state index contributed by atoms with van der Waals surface area (Å²) in [5.41, 5.74) is 2.59. The molecule has 0 saturated carbocycles. The van der Waals surface area contributed by atoms with Crippen LogP contribution in [0.1, 0.15) is 68.6 Å². The molecule has 0 aliphatic carbocycles. The van der Waals surface area contributed by atoms with Crippen molar-refractivity contribution in [1.82, 2.24) is 14.8 Å². The maximum atomic E-state index is 14.8. The summed E-state index contributed by atoms with van der Waals surface area (Å²) in [7, 11) is 3.25. The molecular weight excluding hydrogens is 504 g/mol. The van der Waals surface area contributed by atoms with E-state index in [1.165, 1.54) is 23.5 Å². The first-order valence-corrected chi connectivity index (χ1v) is 13.4. The molecule has 9 heteroatoms. The van der Waals surface area contributed by atoms with Crippen molar-refractivity contribution in [3.63, 3.8) is 0 Å². The molecule has 0 radical (unpaired) electrons. The van der Waals surface area contributed by atoms with Crippen molar-refractivity contribution in [3.8, 4) is 17.3 Å². The van der Waals surface area contributed by atoms with Crippen LogP contribution in [0, 0.1) is 23.0 Å². The zero-order valence-corrected chi connectivity index (χ0v) is 23.8. The van der Waals surface area contributed by atoms with E-state index in [0.717, 1.165) is 22.3 Å². The second-order valence-electron chi connectivity index (χ2n) is 8.74. The van der Waals surface area contributed by atoms with Crippen molar-refractivity contribution in [2.24, 2.45) is 0 Å². The van der Waals surface area contributed by atoms with Crippen LogP contribution in [-0.2, 0) is 11.3 Å². The fourth-order valence-electron chi connectivity index (χ4n) is 3.74. The number of nitriles is 1. The van der Waals surface area contributed by atoms with Crippen LogP contribution in [0.25, 0.3) is 11.3 Å². The van der Waals surface area contributed by atoms with Crippen molar-refractivity contribution >= 4 is 11.3 Å². The fourth-order valence-corrected chi connectivity index (χ4v) is 4.69. The molecule has 0 bridgehead atoms. The molecule has 0 saturated heterocycles. The van der Waals surface area contributed by atoms with Crippen LogP contribution in [0.5, 0.6) is 0 Å². The summed E-state index contributed by atoms with van der Waals surface area (Å²) in [5.74, 6) is -1.48. The molecule has 0 fully saturated rings. The van der Waals surface area contributed by atoms with E-state index in [-0.39, 0.29) is 17.9 Å². The number of halogens is 2. The van der Waals surface area contributed by atoms with E-state index in [1.54, 1.807) is 37.4 Å². The summed E-state index contributed by atoms with van der Waals surface area (Å²) in [4.78, 5) is 4.79. The Morgan fingerprint density at radius 3 is 2.32 bits per heavy atom. The number of benzene rings is 2. The number of methoxy groups -OCH3 is 1. The Hall–Kier alpha value is -3.48. The molecule has 0 spiro atoms. The first kappa shape index (κ1) is 30.7. The molecule has 2 heterocycles. The maximum Gasteiger partial charge on any atom is 0.265 e. The lowest BCUT2D eigenvalue weighted by Crippen LogP contribution is -2.33. The van der Waals surface area contributed by atoms with Gasteiger partial charge in [0.2, 0.25) is 6.33 Å². The van der Waals surface area contributed by atoms with E-state index in [0.29, 0.717) is 17.7 Å². The van der Waals surface area contributed by atoms with Crippen LogP contribution >= 0.6 is 11.3 Å². The average Bonchev–Trinajstić information content (AvgIpc) is 3.61. The minimum absolute atomic E-state index is 0.185. The summed E-state index contributed by atoms with van der Waals surface area (Å²) >= 11 is 1.49. The Labute approximate surface area is 228 Å². The van der Waals surface area contributed by atoms with Crippen LogP contribution in [0.15, 0.2) is 60.5 Å². The van der Waals surface area contributed by atoms with Gasteiger partial charge in [-0.3, -0.25) is 0 Å². The molecule has 0 aliphatic rings. The van der Waals surface area contributed by atoms with E-state index < -0.39 is 11.6 Å². The summed E-state index contributed by atoms with van der Waals surface area (Å²) in [5, 5.41) is 16.2. The molecule has 2 aromatic carbocycles. The lowest BCUT2D eigenvalue weighted by molar-refractivity contribution is -0.717. The number of ether oxygens (including phenoxy) is 1. The summed E-state index contributed by atoms with van der Waals surface area (Å²) in [6, 6.07) is 13.2. The van der Waals surface area contributed by atoms with Crippen LogP contribution in [-0.4, -0.2) is 29.0 Å². The molecule has 0 aliphatic heterocycles. The summed E-state index contributed by atoms with van der Waals surface area (Å²) in [6.45, 7) is 10.5. The molecule has 0 N–H and O–H groups in total. The normalized spacial score (nSPS) is 12.0. The van der Waals surface area contributed by atoms with Gasteiger partial charge in [-0.05, 0) is 49.7 Å². The molecule has 0 amide bonds. The smallest absolute Gasteiger partial charge is 0.265 e. The fraction of sp³-hybridized carbons (Fsp3) is 0.379. The highest BCUT2D eigenvalue weighted by Gasteiger charge is 2.29. The van der Waals surface area contributed by atoms with Crippen molar-refractivity contribution < 1.29 is 18.1 Å². The molecule has 6 nitrogen and oxygen atoms in total. The highest BCUT2D eigenvalue weighted by atomic mass is 32.1. The van der Waals surface area contributed by atoms with Crippen molar-refractivity contribution in [2.45, 2.75) is 59.0 Å². The predicted octanol–water partition coefficient (Wildman–Crippen LogP) is 6.90. The minimum atomic E-state index is -0.473. The van der Waals surface area contributed by atoms with E-state index in [2.05, 4.69) is 29.8 Å². The van der Waals surface area contributed by atoms with Gasteiger partial charge in [0.05, 0.1) is 28.4 Å². The molecule has 2 atom stereocenters. The van der Waals surface area contributed by atoms with Gasteiger partial charge in [0.15, 0.2) is 0 Å². The second-order valence-corrected chi connectivity index (χ2v) is 9.63. The van der Waals surface area contributed by atoms with Crippen LogP contribution in [0.2, 0.25) is 0 Å². The number of nitrogens with zero attached hydrogens (tertiary/aromatic N) is 5. The van der Waals surface area contributed by atoms with E-state index in [9.17, 15) is 8.78 Å². The molecule has 2 aromatic heterocycles. The molecule has 202 valence electrons. The van der Waals surface area contributed by atoms with Gasteiger partial charge in [-0.15, -0.1) is 16.0 Å². The summed E-state index contributed by atoms with van der Waals surface area (Å²) < 4.78 is 36.9. The Morgan fingerprint density at radius 2 is 1.74 bits per heavy atom. The SMILES string of the molecule is CC.CC(c1nc(-c2ccc(C#N)cc2)cs1)C(Cn1c[n+](C(C)C)cn1)c1cc(F)ccc1F.COC. The molecule has 4 rings (SSSR count). The van der Waals surface area contributed by atoms with Gasteiger partial charge >= 0.3 is 0 Å². The van der Waals surface area contributed by atoms with Crippen LogP contribution in [0.3, 0.4) is 0 Å². The summed E-state index contributed by atoms with van der Waals surface area (Å²) in [6.07, 6.45) is 3.62.